The fourth-order valence-electron chi connectivity index (χ4n) is 2.26. The van der Waals surface area contributed by atoms with Gasteiger partial charge in [0, 0.05) is 12.4 Å². The van der Waals surface area contributed by atoms with Crippen LogP contribution >= 0.6 is 0 Å². The van der Waals surface area contributed by atoms with Crippen LogP contribution in [-0.4, -0.2) is 25.6 Å². The van der Waals surface area contributed by atoms with Gasteiger partial charge < -0.3 is 10.4 Å². The number of carbonyl (C=O) groups excluding carboxylic acids is 1. The Morgan fingerprint density at radius 3 is 2.79 bits per heavy atom. The van der Waals surface area contributed by atoms with Gasteiger partial charge in [-0.2, -0.15) is 18.3 Å². The minimum atomic E-state index is -4.59. The van der Waals surface area contributed by atoms with Crippen molar-refractivity contribution in [3.05, 3.63) is 53.5 Å². The summed E-state index contributed by atoms with van der Waals surface area (Å²) in [5, 5.41) is 16.1. The van der Waals surface area contributed by atoms with Crippen LogP contribution in [0.15, 0.2) is 36.7 Å². The van der Waals surface area contributed by atoms with E-state index in [2.05, 4.69) is 15.4 Å². The topological polar surface area (TPSA) is 79.5 Å². The molecule has 2 heterocycles. The third-order valence-corrected chi connectivity index (χ3v) is 3.37. The number of hydrogen-bond donors (Lipinski definition) is 2. The zero-order valence-electron chi connectivity index (χ0n) is 12.3. The van der Waals surface area contributed by atoms with Crippen molar-refractivity contribution in [2.45, 2.75) is 13.1 Å². The highest BCUT2D eigenvalue weighted by molar-refractivity contribution is 6.09. The highest BCUT2D eigenvalue weighted by atomic mass is 19.4. The number of carbonyl (C=O) groups is 1. The number of halogens is 3. The van der Waals surface area contributed by atoms with Crippen LogP contribution in [0, 0.1) is 6.92 Å². The smallest absolute Gasteiger partial charge is 0.416 e. The Morgan fingerprint density at radius 2 is 2.08 bits per heavy atom. The summed E-state index contributed by atoms with van der Waals surface area (Å²) in [5.41, 5.74) is -0.584. The van der Waals surface area contributed by atoms with E-state index in [0.717, 1.165) is 12.1 Å². The average Bonchev–Trinajstić information content (AvgIpc) is 2.84. The van der Waals surface area contributed by atoms with Crippen LogP contribution in [-0.2, 0) is 6.18 Å². The number of alkyl halides is 3. The van der Waals surface area contributed by atoms with Crippen LogP contribution in [0.2, 0.25) is 0 Å². The van der Waals surface area contributed by atoms with Gasteiger partial charge in [-0.3, -0.25) is 4.79 Å². The molecule has 0 fully saturated rings. The normalized spacial score (nSPS) is 11.7. The molecule has 0 atom stereocenters. The molecule has 2 N–H and O–H groups in total. The Hall–Kier alpha value is -3.10. The van der Waals surface area contributed by atoms with Crippen LogP contribution in [0.3, 0.4) is 0 Å². The molecule has 0 spiro atoms. The number of nitrogens with one attached hydrogen (secondary N) is 1. The third-order valence-electron chi connectivity index (χ3n) is 3.37. The van der Waals surface area contributed by atoms with Gasteiger partial charge in [-0.05, 0) is 31.2 Å². The molecule has 0 bridgehead atoms. The molecule has 0 aliphatic carbocycles. The predicted octanol–water partition coefficient (Wildman–Crippen LogP) is 3.01. The molecule has 124 valence electrons. The Bertz CT molecular complexity index is 934. The number of rotatable bonds is 2. The highest BCUT2D eigenvalue weighted by Crippen LogP contribution is 2.34. The number of amides is 1. The van der Waals surface area contributed by atoms with E-state index in [1.165, 1.54) is 10.7 Å². The second-order valence-corrected chi connectivity index (χ2v) is 5.03. The number of aryl methyl sites for hydroxylation is 1. The first-order valence-corrected chi connectivity index (χ1v) is 6.79. The van der Waals surface area contributed by atoms with Crippen LogP contribution in [0.1, 0.15) is 21.6 Å². The van der Waals surface area contributed by atoms with Crippen molar-refractivity contribution in [3.8, 4) is 5.75 Å². The number of aromatic hydroxyl groups is 1. The van der Waals surface area contributed by atoms with Crippen LogP contribution in [0.5, 0.6) is 5.75 Å². The van der Waals surface area contributed by atoms with E-state index in [-0.39, 0.29) is 16.9 Å². The largest absolute Gasteiger partial charge is 0.506 e. The SMILES string of the molecule is Cc1nn2cccnc2c1C(=O)Nc1cc(C(F)(F)F)ccc1O. The van der Waals surface area contributed by atoms with E-state index in [9.17, 15) is 23.1 Å². The second-order valence-electron chi connectivity index (χ2n) is 5.03. The number of benzene rings is 1. The second kappa shape index (κ2) is 5.52. The van der Waals surface area contributed by atoms with Crippen molar-refractivity contribution in [1.82, 2.24) is 14.6 Å². The summed E-state index contributed by atoms with van der Waals surface area (Å²) in [6.07, 6.45) is -1.53. The predicted molar refractivity (Wildman–Crippen MR) is 78.8 cm³/mol. The molecule has 0 unspecified atom stereocenters. The lowest BCUT2D eigenvalue weighted by atomic mass is 10.1. The van der Waals surface area contributed by atoms with Gasteiger partial charge in [-0.25, -0.2) is 9.50 Å². The lowest BCUT2D eigenvalue weighted by molar-refractivity contribution is -0.137. The van der Waals surface area contributed by atoms with E-state index in [0.29, 0.717) is 11.8 Å². The minimum Gasteiger partial charge on any atom is -0.506 e. The van der Waals surface area contributed by atoms with Crippen molar-refractivity contribution >= 4 is 17.2 Å². The fraction of sp³-hybridized carbons (Fsp3) is 0.133. The van der Waals surface area contributed by atoms with Crippen LogP contribution in [0.4, 0.5) is 18.9 Å². The van der Waals surface area contributed by atoms with Gasteiger partial charge in [-0.1, -0.05) is 0 Å². The van der Waals surface area contributed by atoms with Gasteiger partial charge in [0.2, 0.25) is 0 Å². The maximum Gasteiger partial charge on any atom is 0.416 e. The lowest BCUT2D eigenvalue weighted by Crippen LogP contribution is -2.14. The Labute approximate surface area is 133 Å². The molecule has 0 aliphatic heterocycles. The van der Waals surface area contributed by atoms with Gasteiger partial charge in [-0.15, -0.1) is 0 Å². The molecule has 0 radical (unpaired) electrons. The molecular weight excluding hydrogens is 325 g/mol. The summed E-state index contributed by atoms with van der Waals surface area (Å²) in [7, 11) is 0. The van der Waals surface area contributed by atoms with Gasteiger partial charge in [0.1, 0.15) is 11.3 Å². The number of fused-ring (bicyclic) bond motifs is 1. The molecule has 24 heavy (non-hydrogen) atoms. The Kier molecular flexibility index (Phi) is 3.63. The molecule has 0 aliphatic rings. The standard InChI is InChI=1S/C15H11F3N4O2/c1-8-12(13-19-5-2-6-22(13)21-8)14(24)20-10-7-9(15(16,17)18)3-4-11(10)23/h2-7,23H,1H3,(H,20,24). The number of aromatic nitrogens is 3. The monoisotopic (exact) mass is 336 g/mol. The summed E-state index contributed by atoms with van der Waals surface area (Å²) in [6, 6.07) is 3.90. The van der Waals surface area contributed by atoms with Crippen LogP contribution < -0.4 is 5.32 Å². The maximum atomic E-state index is 12.8. The zero-order chi connectivity index (χ0) is 17.5. The quantitative estimate of drug-likeness (QED) is 0.705. The van der Waals surface area contributed by atoms with Gasteiger partial charge in [0.25, 0.3) is 5.91 Å². The first-order valence-electron chi connectivity index (χ1n) is 6.79. The molecule has 2 aromatic heterocycles. The zero-order valence-corrected chi connectivity index (χ0v) is 12.3. The first-order chi connectivity index (χ1) is 11.3. The number of anilines is 1. The number of phenols is 1. The molecule has 9 heteroatoms. The van der Waals surface area contributed by atoms with Crippen molar-refractivity contribution in [2.24, 2.45) is 0 Å². The summed E-state index contributed by atoms with van der Waals surface area (Å²) < 4.78 is 39.7. The summed E-state index contributed by atoms with van der Waals surface area (Å²) in [5.74, 6) is -1.19. The van der Waals surface area contributed by atoms with Gasteiger partial charge in [0.05, 0.1) is 16.9 Å². The third kappa shape index (κ3) is 2.75. The summed E-state index contributed by atoms with van der Waals surface area (Å²) in [6.45, 7) is 1.58. The summed E-state index contributed by atoms with van der Waals surface area (Å²) in [4.78, 5) is 16.5. The Balaban J connectivity index is 1.99. The molecular formula is C15H11F3N4O2. The molecule has 1 amide bonds. The average molecular weight is 336 g/mol. The van der Waals surface area contributed by atoms with Gasteiger partial charge in [0.15, 0.2) is 5.65 Å². The number of hydrogen-bond acceptors (Lipinski definition) is 4. The maximum absolute atomic E-state index is 12.8. The van der Waals surface area contributed by atoms with E-state index in [4.69, 9.17) is 0 Å². The lowest BCUT2D eigenvalue weighted by Gasteiger charge is -2.11. The Morgan fingerprint density at radius 1 is 1.33 bits per heavy atom. The molecule has 3 rings (SSSR count). The summed E-state index contributed by atoms with van der Waals surface area (Å²) >= 11 is 0. The fourth-order valence-corrected chi connectivity index (χ4v) is 2.26. The molecule has 3 aromatic rings. The number of nitrogens with zero attached hydrogens (tertiary/aromatic N) is 3. The molecule has 6 nitrogen and oxygen atoms in total. The van der Waals surface area contributed by atoms with E-state index in [1.807, 2.05) is 0 Å². The molecule has 0 saturated heterocycles. The van der Waals surface area contributed by atoms with E-state index < -0.39 is 23.4 Å². The molecule has 1 aromatic carbocycles. The van der Waals surface area contributed by atoms with Crippen molar-refractivity contribution in [3.63, 3.8) is 0 Å². The van der Waals surface area contributed by atoms with Gasteiger partial charge >= 0.3 is 6.18 Å². The van der Waals surface area contributed by atoms with Crippen molar-refractivity contribution < 1.29 is 23.1 Å². The van der Waals surface area contributed by atoms with Crippen molar-refractivity contribution in [1.29, 1.82) is 0 Å². The molecule has 0 saturated carbocycles. The minimum absolute atomic E-state index is 0.118. The van der Waals surface area contributed by atoms with E-state index >= 15 is 0 Å². The van der Waals surface area contributed by atoms with Crippen molar-refractivity contribution in [2.75, 3.05) is 5.32 Å². The number of phenolic OH excluding ortho intramolecular Hbond substituents is 1. The highest BCUT2D eigenvalue weighted by Gasteiger charge is 2.31. The first kappa shape index (κ1) is 15.8. The van der Waals surface area contributed by atoms with Crippen LogP contribution in [0.25, 0.3) is 5.65 Å². The van der Waals surface area contributed by atoms with E-state index in [1.54, 1.807) is 19.2 Å².